The van der Waals surface area contributed by atoms with Crippen LogP contribution in [0.3, 0.4) is 0 Å². The molecule has 5 nitrogen and oxygen atoms in total. The molecule has 0 fully saturated rings. The first kappa shape index (κ1) is 15.9. The molecule has 0 aliphatic heterocycles. The van der Waals surface area contributed by atoms with Crippen molar-refractivity contribution in [3.63, 3.8) is 0 Å². The first-order valence-electron chi connectivity index (χ1n) is 8.52. The smallest absolute Gasteiger partial charge is 0.316 e. The van der Waals surface area contributed by atoms with E-state index in [0.29, 0.717) is 12.0 Å². The second kappa shape index (κ2) is 6.62. The van der Waals surface area contributed by atoms with Gasteiger partial charge in [-0.1, -0.05) is 6.92 Å². The standard InChI is InChI=1S/C18H26N4O/c1-3-11(2)20-10-12-5-4-6-14-15-9-13(21-18(19)23)7-8-16(15)22-17(12)14/h7-9,11-12,20,22H,3-6,10H2,1-2H3,(H3,19,21,23). The van der Waals surface area contributed by atoms with Crippen molar-refractivity contribution in [1.82, 2.24) is 10.3 Å². The van der Waals surface area contributed by atoms with Crippen LogP contribution in [0.1, 0.15) is 50.3 Å². The van der Waals surface area contributed by atoms with E-state index in [1.807, 2.05) is 18.2 Å². The minimum absolute atomic E-state index is 0.524. The number of anilines is 1. The summed E-state index contributed by atoms with van der Waals surface area (Å²) in [7, 11) is 0. The van der Waals surface area contributed by atoms with Crippen LogP contribution in [0.2, 0.25) is 0 Å². The molecule has 0 saturated heterocycles. The van der Waals surface area contributed by atoms with E-state index in [1.54, 1.807) is 0 Å². The lowest BCUT2D eigenvalue weighted by Crippen LogP contribution is -2.31. The lowest BCUT2D eigenvalue weighted by molar-refractivity contribution is 0.259. The number of urea groups is 1. The van der Waals surface area contributed by atoms with Gasteiger partial charge in [0.2, 0.25) is 0 Å². The number of nitrogens with one attached hydrogen (secondary N) is 3. The van der Waals surface area contributed by atoms with Crippen LogP contribution in [0.25, 0.3) is 10.9 Å². The van der Waals surface area contributed by atoms with E-state index < -0.39 is 6.03 Å². The topological polar surface area (TPSA) is 82.9 Å². The van der Waals surface area contributed by atoms with Gasteiger partial charge in [0.25, 0.3) is 0 Å². The zero-order valence-corrected chi connectivity index (χ0v) is 13.9. The maximum absolute atomic E-state index is 11.1. The molecule has 1 aliphatic rings. The van der Waals surface area contributed by atoms with Gasteiger partial charge in [0, 0.05) is 40.8 Å². The number of aromatic amines is 1. The minimum Gasteiger partial charge on any atom is -0.358 e. The van der Waals surface area contributed by atoms with Gasteiger partial charge < -0.3 is 21.4 Å². The number of benzene rings is 1. The number of amides is 2. The maximum Gasteiger partial charge on any atom is 0.316 e. The molecule has 2 unspecified atom stereocenters. The predicted octanol–water partition coefficient (Wildman–Crippen LogP) is 3.47. The van der Waals surface area contributed by atoms with Gasteiger partial charge in [0.05, 0.1) is 0 Å². The summed E-state index contributed by atoms with van der Waals surface area (Å²) in [5, 5.41) is 7.50. The monoisotopic (exact) mass is 314 g/mol. The zero-order chi connectivity index (χ0) is 16.4. The van der Waals surface area contributed by atoms with E-state index in [2.05, 4.69) is 29.5 Å². The van der Waals surface area contributed by atoms with Crippen molar-refractivity contribution >= 4 is 22.6 Å². The highest BCUT2D eigenvalue weighted by Crippen LogP contribution is 2.36. The molecule has 2 aromatic rings. The highest BCUT2D eigenvalue weighted by Gasteiger charge is 2.24. The molecule has 1 aromatic heterocycles. The van der Waals surface area contributed by atoms with E-state index in [9.17, 15) is 4.79 Å². The second-order valence-corrected chi connectivity index (χ2v) is 6.57. The van der Waals surface area contributed by atoms with Gasteiger partial charge in [-0.25, -0.2) is 4.79 Å². The van der Waals surface area contributed by atoms with E-state index in [4.69, 9.17) is 5.73 Å². The maximum atomic E-state index is 11.1. The molecule has 1 aliphatic carbocycles. The molecule has 5 heteroatoms. The summed E-state index contributed by atoms with van der Waals surface area (Å²) in [5.74, 6) is 0.535. The van der Waals surface area contributed by atoms with E-state index >= 15 is 0 Å². The van der Waals surface area contributed by atoms with Crippen molar-refractivity contribution in [3.8, 4) is 0 Å². The summed E-state index contributed by atoms with van der Waals surface area (Å²) in [4.78, 5) is 14.7. The quantitative estimate of drug-likeness (QED) is 0.681. The van der Waals surface area contributed by atoms with Crippen molar-refractivity contribution in [2.24, 2.45) is 5.73 Å². The first-order valence-corrected chi connectivity index (χ1v) is 8.52. The van der Waals surface area contributed by atoms with Crippen LogP contribution in [-0.4, -0.2) is 23.6 Å². The van der Waals surface area contributed by atoms with Crippen LogP contribution in [0.15, 0.2) is 18.2 Å². The summed E-state index contributed by atoms with van der Waals surface area (Å²) in [6, 6.07) is 5.97. The Balaban J connectivity index is 1.89. The molecule has 2 amide bonds. The molecule has 1 aromatic carbocycles. The van der Waals surface area contributed by atoms with E-state index in [-0.39, 0.29) is 0 Å². The van der Waals surface area contributed by atoms with Crippen LogP contribution in [0.4, 0.5) is 10.5 Å². The normalized spacial score (nSPS) is 18.6. The molecule has 0 spiro atoms. The van der Waals surface area contributed by atoms with Gasteiger partial charge in [0.15, 0.2) is 0 Å². The van der Waals surface area contributed by atoms with Crippen LogP contribution in [-0.2, 0) is 6.42 Å². The lowest BCUT2D eigenvalue weighted by atomic mass is 9.86. The average molecular weight is 314 g/mol. The van der Waals surface area contributed by atoms with Gasteiger partial charge in [0.1, 0.15) is 0 Å². The van der Waals surface area contributed by atoms with Crippen LogP contribution >= 0.6 is 0 Å². The molecule has 0 bridgehead atoms. The summed E-state index contributed by atoms with van der Waals surface area (Å²) < 4.78 is 0. The molecule has 2 atom stereocenters. The molecule has 0 radical (unpaired) electrons. The number of primary amides is 1. The number of H-pyrrole nitrogens is 1. The SMILES string of the molecule is CCC(C)NCC1CCCc2c1[nH]c1ccc(NC(N)=O)cc21. The highest BCUT2D eigenvalue weighted by molar-refractivity contribution is 5.93. The van der Waals surface area contributed by atoms with Gasteiger partial charge in [-0.2, -0.15) is 0 Å². The van der Waals surface area contributed by atoms with Crippen LogP contribution < -0.4 is 16.4 Å². The molecule has 23 heavy (non-hydrogen) atoms. The molecular formula is C18H26N4O. The number of aromatic nitrogens is 1. The van der Waals surface area contributed by atoms with E-state index in [0.717, 1.165) is 30.6 Å². The molecule has 5 N–H and O–H groups in total. The Kier molecular flexibility index (Phi) is 4.57. The molecule has 3 rings (SSSR count). The Morgan fingerprint density at radius 2 is 2.30 bits per heavy atom. The van der Waals surface area contributed by atoms with Gasteiger partial charge in [-0.05, 0) is 56.4 Å². The fraction of sp³-hybridized carbons (Fsp3) is 0.500. The highest BCUT2D eigenvalue weighted by atomic mass is 16.2. The molecular weight excluding hydrogens is 288 g/mol. The minimum atomic E-state index is -0.524. The largest absolute Gasteiger partial charge is 0.358 e. The lowest BCUT2D eigenvalue weighted by Gasteiger charge is -2.24. The van der Waals surface area contributed by atoms with Crippen molar-refractivity contribution in [1.29, 1.82) is 0 Å². The van der Waals surface area contributed by atoms with E-state index in [1.165, 1.54) is 29.5 Å². The van der Waals surface area contributed by atoms with Gasteiger partial charge in [-0.15, -0.1) is 0 Å². The summed E-state index contributed by atoms with van der Waals surface area (Å²) >= 11 is 0. The van der Waals surface area contributed by atoms with Crippen molar-refractivity contribution in [2.75, 3.05) is 11.9 Å². The fourth-order valence-corrected chi connectivity index (χ4v) is 3.47. The third kappa shape index (κ3) is 3.34. The molecule has 1 heterocycles. The Morgan fingerprint density at radius 1 is 1.48 bits per heavy atom. The van der Waals surface area contributed by atoms with Gasteiger partial charge >= 0.3 is 6.03 Å². The Bertz CT molecular complexity index is 706. The average Bonchev–Trinajstić information content (AvgIpc) is 2.90. The number of fused-ring (bicyclic) bond motifs is 3. The number of hydrogen-bond acceptors (Lipinski definition) is 2. The zero-order valence-electron chi connectivity index (χ0n) is 13.9. The van der Waals surface area contributed by atoms with Crippen molar-refractivity contribution in [2.45, 2.75) is 51.5 Å². The predicted molar refractivity (Wildman–Crippen MR) is 94.9 cm³/mol. The molecule has 124 valence electrons. The number of hydrogen-bond donors (Lipinski definition) is 4. The van der Waals surface area contributed by atoms with Crippen LogP contribution in [0, 0.1) is 0 Å². The molecule has 0 saturated carbocycles. The Labute approximate surface area is 137 Å². The first-order chi connectivity index (χ1) is 11.1. The Hall–Kier alpha value is -2.01. The third-order valence-corrected chi connectivity index (χ3v) is 4.92. The fourth-order valence-electron chi connectivity index (χ4n) is 3.47. The summed E-state index contributed by atoms with van der Waals surface area (Å²) in [6.45, 7) is 5.46. The summed E-state index contributed by atoms with van der Waals surface area (Å²) in [5.41, 5.74) is 9.87. The second-order valence-electron chi connectivity index (χ2n) is 6.57. The number of carbonyl (C=O) groups is 1. The van der Waals surface area contributed by atoms with Gasteiger partial charge in [-0.3, -0.25) is 0 Å². The number of carbonyl (C=O) groups excluding carboxylic acids is 1. The Morgan fingerprint density at radius 3 is 3.04 bits per heavy atom. The van der Waals surface area contributed by atoms with Crippen LogP contribution in [0.5, 0.6) is 0 Å². The number of rotatable bonds is 5. The van der Waals surface area contributed by atoms with Crippen molar-refractivity contribution in [3.05, 3.63) is 29.5 Å². The third-order valence-electron chi connectivity index (χ3n) is 4.92. The van der Waals surface area contributed by atoms with Crippen molar-refractivity contribution < 1.29 is 4.79 Å². The number of aryl methyl sites for hydroxylation is 1. The number of nitrogens with two attached hydrogens (primary N) is 1. The summed E-state index contributed by atoms with van der Waals surface area (Å²) in [6.07, 6.45) is 4.67.